The lowest BCUT2D eigenvalue weighted by molar-refractivity contribution is 0.630. The Balaban J connectivity index is 2.22. The maximum absolute atomic E-state index is 12.1. The zero-order valence-corrected chi connectivity index (χ0v) is 10.9. The summed E-state index contributed by atoms with van der Waals surface area (Å²) in [6.45, 7) is 1.94. The summed E-state index contributed by atoms with van der Waals surface area (Å²) >= 11 is 5.80. The number of hydrogen-bond donors (Lipinski definition) is 1. The zero-order valence-electron chi connectivity index (χ0n) is 10.2. The number of fused-ring (bicyclic) bond motifs is 1. The SMILES string of the molecule is C[C@H](c1ccccc1)n1c(=O)[nH]c2cnc(Cl)nc21. The predicted molar refractivity (Wildman–Crippen MR) is 73.4 cm³/mol. The van der Waals surface area contributed by atoms with Crippen molar-refractivity contribution in [3.63, 3.8) is 0 Å². The van der Waals surface area contributed by atoms with Gasteiger partial charge in [0.1, 0.15) is 5.52 Å². The van der Waals surface area contributed by atoms with Crippen LogP contribution in [0, 0.1) is 0 Å². The Morgan fingerprint density at radius 1 is 1.32 bits per heavy atom. The molecule has 1 atom stereocenters. The minimum atomic E-state index is -0.220. The number of hydrogen-bond acceptors (Lipinski definition) is 3. The summed E-state index contributed by atoms with van der Waals surface area (Å²) in [4.78, 5) is 22.8. The van der Waals surface area contributed by atoms with Gasteiger partial charge < -0.3 is 4.98 Å². The van der Waals surface area contributed by atoms with E-state index >= 15 is 0 Å². The van der Waals surface area contributed by atoms with Crippen LogP contribution < -0.4 is 5.69 Å². The highest BCUT2D eigenvalue weighted by Gasteiger charge is 2.16. The van der Waals surface area contributed by atoms with Crippen LogP contribution in [0.5, 0.6) is 0 Å². The molecule has 3 aromatic rings. The summed E-state index contributed by atoms with van der Waals surface area (Å²) in [6, 6.07) is 9.62. The van der Waals surface area contributed by atoms with Gasteiger partial charge in [-0.25, -0.2) is 9.78 Å². The highest BCUT2D eigenvalue weighted by molar-refractivity contribution is 6.28. The number of aromatic amines is 1. The average Bonchev–Trinajstić information content (AvgIpc) is 2.74. The van der Waals surface area contributed by atoms with Gasteiger partial charge in [-0.15, -0.1) is 0 Å². The van der Waals surface area contributed by atoms with Crippen LogP contribution >= 0.6 is 11.6 Å². The van der Waals surface area contributed by atoms with E-state index < -0.39 is 0 Å². The standard InChI is InChI=1S/C13H11ClN4O/c1-8(9-5-3-2-4-6-9)18-11-10(16-13(18)19)7-15-12(14)17-11/h2-8H,1H3,(H,16,19)/t8-/m1/s1. The van der Waals surface area contributed by atoms with Gasteiger partial charge in [-0.3, -0.25) is 4.57 Å². The van der Waals surface area contributed by atoms with E-state index in [1.54, 1.807) is 4.57 Å². The van der Waals surface area contributed by atoms with E-state index in [2.05, 4.69) is 15.0 Å². The normalized spacial score (nSPS) is 12.7. The maximum Gasteiger partial charge on any atom is 0.328 e. The summed E-state index contributed by atoms with van der Waals surface area (Å²) in [6.07, 6.45) is 1.51. The van der Waals surface area contributed by atoms with Gasteiger partial charge in [0.05, 0.1) is 12.2 Å². The van der Waals surface area contributed by atoms with Gasteiger partial charge in [0.25, 0.3) is 0 Å². The molecule has 0 fully saturated rings. The second-order valence-corrected chi connectivity index (χ2v) is 4.60. The van der Waals surface area contributed by atoms with Crippen LogP contribution in [-0.2, 0) is 0 Å². The second-order valence-electron chi connectivity index (χ2n) is 4.26. The first kappa shape index (κ1) is 11.9. The first-order valence-electron chi connectivity index (χ1n) is 5.84. The summed E-state index contributed by atoms with van der Waals surface area (Å²) in [5.41, 5.74) is 1.90. The third-order valence-corrected chi connectivity index (χ3v) is 3.28. The molecule has 1 aromatic carbocycles. The monoisotopic (exact) mass is 274 g/mol. The lowest BCUT2D eigenvalue weighted by atomic mass is 10.1. The van der Waals surface area contributed by atoms with Gasteiger partial charge >= 0.3 is 5.69 Å². The van der Waals surface area contributed by atoms with Crippen LogP contribution in [0.4, 0.5) is 0 Å². The summed E-state index contributed by atoms with van der Waals surface area (Å²) in [5, 5.41) is 0.125. The third-order valence-electron chi connectivity index (χ3n) is 3.10. The number of rotatable bonds is 2. The van der Waals surface area contributed by atoms with E-state index in [9.17, 15) is 4.79 Å². The molecular weight excluding hydrogens is 264 g/mol. The molecule has 0 unspecified atom stereocenters. The first-order valence-corrected chi connectivity index (χ1v) is 6.22. The predicted octanol–water partition coefficient (Wildman–Crippen LogP) is 2.38. The molecule has 0 bridgehead atoms. The van der Waals surface area contributed by atoms with Gasteiger partial charge in [-0.2, -0.15) is 4.98 Å². The van der Waals surface area contributed by atoms with Crippen molar-refractivity contribution in [3.8, 4) is 0 Å². The maximum atomic E-state index is 12.1. The number of nitrogens with zero attached hydrogens (tertiary/aromatic N) is 3. The highest BCUT2D eigenvalue weighted by atomic mass is 35.5. The molecular formula is C13H11ClN4O. The quantitative estimate of drug-likeness (QED) is 0.730. The van der Waals surface area contributed by atoms with Gasteiger partial charge in [0.2, 0.25) is 5.28 Å². The van der Waals surface area contributed by atoms with E-state index in [1.807, 2.05) is 37.3 Å². The minimum absolute atomic E-state index is 0.125. The van der Waals surface area contributed by atoms with Crippen molar-refractivity contribution < 1.29 is 0 Å². The summed E-state index contributed by atoms with van der Waals surface area (Å²) < 4.78 is 1.58. The number of imidazole rings is 1. The molecule has 19 heavy (non-hydrogen) atoms. The number of aromatic nitrogens is 4. The van der Waals surface area contributed by atoms with Crippen molar-refractivity contribution in [2.45, 2.75) is 13.0 Å². The molecule has 5 nitrogen and oxygen atoms in total. The Bertz CT molecular complexity index is 778. The first-order chi connectivity index (χ1) is 9.16. The molecule has 0 radical (unpaired) electrons. The van der Waals surface area contributed by atoms with Crippen LogP contribution in [0.2, 0.25) is 5.28 Å². The Kier molecular flexibility index (Phi) is 2.83. The molecule has 0 aliphatic heterocycles. The van der Waals surface area contributed by atoms with Crippen LogP contribution in [-0.4, -0.2) is 19.5 Å². The lowest BCUT2D eigenvalue weighted by Crippen LogP contribution is -2.21. The lowest BCUT2D eigenvalue weighted by Gasteiger charge is -2.13. The van der Waals surface area contributed by atoms with Crippen LogP contribution in [0.3, 0.4) is 0 Å². The number of nitrogens with one attached hydrogen (secondary N) is 1. The van der Waals surface area contributed by atoms with Crippen LogP contribution in [0.15, 0.2) is 41.3 Å². The fourth-order valence-electron chi connectivity index (χ4n) is 2.14. The molecule has 96 valence electrons. The molecule has 0 spiro atoms. The molecule has 0 aliphatic carbocycles. The largest absolute Gasteiger partial charge is 0.328 e. The Labute approximate surface area is 113 Å². The van der Waals surface area contributed by atoms with Gasteiger partial charge in [0, 0.05) is 0 Å². The molecule has 3 rings (SSSR count). The summed E-state index contributed by atoms with van der Waals surface area (Å²) in [5.74, 6) is 0. The average molecular weight is 275 g/mol. The summed E-state index contributed by atoms with van der Waals surface area (Å²) in [7, 11) is 0. The molecule has 0 saturated carbocycles. The van der Waals surface area contributed by atoms with Crippen LogP contribution in [0.1, 0.15) is 18.5 Å². The van der Waals surface area contributed by atoms with Gasteiger partial charge in [0.15, 0.2) is 5.65 Å². The molecule has 0 saturated heterocycles. The fourth-order valence-corrected chi connectivity index (χ4v) is 2.26. The molecule has 2 heterocycles. The smallest absolute Gasteiger partial charge is 0.303 e. The van der Waals surface area contributed by atoms with E-state index in [1.165, 1.54) is 6.20 Å². The number of halogens is 1. The van der Waals surface area contributed by atoms with E-state index in [0.717, 1.165) is 5.56 Å². The Morgan fingerprint density at radius 2 is 2.05 bits per heavy atom. The van der Waals surface area contributed by atoms with Gasteiger partial charge in [-0.1, -0.05) is 30.3 Å². The topological polar surface area (TPSA) is 63.6 Å². The number of H-pyrrole nitrogens is 1. The molecule has 0 amide bonds. The van der Waals surface area contributed by atoms with Crippen LogP contribution in [0.25, 0.3) is 11.2 Å². The fraction of sp³-hybridized carbons (Fsp3) is 0.154. The molecule has 2 aromatic heterocycles. The van der Waals surface area contributed by atoms with Crippen molar-refractivity contribution in [3.05, 3.63) is 57.9 Å². The van der Waals surface area contributed by atoms with Crippen molar-refractivity contribution in [2.24, 2.45) is 0 Å². The molecule has 1 N–H and O–H groups in total. The second kappa shape index (κ2) is 4.51. The highest BCUT2D eigenvalue weighted by Crippen LogP contribution is 2.20. The van der Waals surface area contributed by atoms with Crippen molar-refractivity contribution >= 4 is 22.8 Å². The van der Waals surface area contributed by atoms with Gasteiger partial charge in [-0.05, 0) is 24.1 Å². The Morgan fingerprint density at radius 3 is 2.79 bits per heavy atom. The molecule has 6 heteroatoms. The minimum Gasteiger partial charge on any atom is -0.303 e. The van der Waals surface area contributed by atoms with Crippen molar-refractivity contribution in [1.82, 2.24) is 19.5 Å². The van der Waals surface area contributed by atoms with Crippen molar-refractivity contribution in [1.29, 1.82) is 0 Å². The number of benzene rings is 1. The zero-order chi connectivity index (χ0) is 13.4. The van der Waals surface area contributed by atoms with E-state index in [4.69, 9.17) is 11.6 Å². The third kappa shape index (κ3) is 2.02. The van der Waals surface area contributed by atoms with E-state index in [0.29, 0.717) is 11.2 Å². The van der Waals surface area contributed by atoms with Crippen molar-refractivity contribution in [2.75, 3.05) is 0 Å². The van der Waals surface area contributed by atoms with E-state index in [-0.39, 0.29) is 17.0 Å². The Hall–Kier alpha value is -2.14. The molecule has 0 aliphatic rings.